The predicted molar refractivity (Wildman–Crippen MR) is 136 cm³/mol. The maximum absolute atomic E-state index is 11.7. The van der Waals surface area contributed by atoms with E-state index < -0.39 is 21.4 Å². The van der Waals surface area contributed by atoms with E-state index in [-0.39, 0.29) is 39.8 Å². The second-order valence-electron chi connectivity index (χ2n) is 8.65. The van der Waals surface area contributed by atoms with Crippen LogP contribution in [0, 0.1) is 5.92 Å². The van der Waals surface area contributed by atoms with Gasteiger partial charge in [0.15, 0.2) is 15.6 Å². The number of alkyl halides is 1. The van der Waals surface area contributed by atoms with Gasteiger partial charge in [0.2, 0.25) is 0 Å². The molecule has 9 heteroatoms. The van der Waals surface area contributed by atoms with Gasteiger partial charge in [-0.25, -0.2) is 8.42 Å². The summed E-state index contributed by atoms with van der Waals surface area (Å²) in [6, 6.07) is 11.4. The molecule has 2 aromatic carbocycles. The Bertz CT molecular complexity index is 1000. The quantitative estimate of drug-likeness (QED) is 0.349. The molecular weight excluding hydrogens is 507 g/mol. The van der Waals surface area contributed by atoms with Crippen LogP contribution >= 0.6 is 34.8 Å². The molecule has 0 aliphatic rings. The van der Waals surface area contributed by atoms with Crippen molar-refractivity contribution in [3.63, 3.8) is 0 Å². The largest absolute Gasteiger partial charge is 0.493 e. The van der Waals surface area contributed by atoms with Crippen molar-refractivity contribution in [2.45, 2.75) is 39.2 Å². The van der Waals surface area contributed by atoms with Crippen molar-refractivity contribution >= 4 is 44.6 Å². The first-order chi connectivity index (χ1) is 15.4. The molecule has 2 aromatic rings. The number of sulfone groups is 1. The summed E-state index contributed by atoms with van der Waals surface area (Å²) in [6.45, 7) is 7.99. The predicted octanol–water partition coefficient (Wildman–Crippen LogP) is 5.75. The van der Waals surface area contributed by atoms with E-state index in [4.69, 9.17) is 44.3 Å². The molecule has 0 aromatic heterocycles. The van der Waals surface area contributed by atoms with Crippen LogP contribution in [0.15, 0.2) is 36.4 Å². The Hall–Kier alpha value is -1.18. The molecule has 2 atom stereocenters. The maximum atomic E-state index is 11.7. The van der Waals surface area contributed by atoms with Crippen molar-refractivity contribution < 1.29 is 23.0 Å². The summed E-state index contributed by atoms with van der Waals surface area (Å²) in [7, 11) is -3.32. The summed E-state index contributed by atoms with van der Waals surface area (Å²) in [5.74, 6) is 1.37. The summed E-state index contributed by atoms with van der Waals surface area (Å²) in [5.41, 5.74) is 1.51. The molecule has 0 radical (unpaired) electrons. The number of hydrogen-bond donors (Lipinski definition) is 1. The molecule has 2 rings (SSSR count). The molecule has 0 heterocycles. The zero-order valence-electron chi connectivity index (χ0n) is 19.3. The highest BCUT2D eigenvalue weighted by atomic mass is 35.5. The minimum atomic E-state index is -3.32. The van der Waals surface area contributed by atoms with Crippen LogP contribution in [-0.4, -0.2) is 50.2 Å². The smallest absolute Gasteiger partial charge is 0.156 e. The van der Waals surface area contributed by atoms with Crippen LogP contribution in [0.25, 0.3) is 0 Å². The van der Waals surface area contributed by atoms with Crippen LogP contribution in [0.4, 0.5) is 0 Å². The topological polar surface area (TPSA) is 72.8 Å². The average molecular weight is 538 g/mol. The van der Waals surface area contributed by atoms with Crippen LogP contribution in [-0.2, 0) is 15.3 Å². The van der Waals surface area contributed by atoms with Gasteiger partial charge in [-0.15, -0.1) is 11.6 Å². The van der Waals surface area contributed by atoms with Crippen molar-refractivity contribution in [1.29, 1.82) is 0 Å². The van der Waals surface area contributed by atoms with Gasteiger partial charge in [-0.3, -0.25) is 0 Å². The molecule has 0 aliphatic carbocycles. The molecule has 0 amide bonds. The fourth-order valence-corrected chi connectivity index (χ4v) is 4.72. The zero-order valence-corrected chi connectivity index (χ0v) is 22.4. The molecule has 5 nitrogen and oxygen atoms in total. The van der Waals surface area contributed by atoms with Crippen LogP contribution in [0.3, 0.4) is 0 Å². The fraction of sp³-hybridized carbons (Fsp3) is 0.500. The highest BCUT2D eigenvalue weighted by Gasteiger charge is 2.26. The highest BCUT2D eigenvalue weighted by Crippen LogP contribution is 2.40. The van der Waals surface area contributed by atoms with Gasteiger partial charge < -0.3 is 14.6 Å². The van der Waals surface area contributed by atoms with E-state index in [1.807, 2.05) is 31.2 Å². The zero-order chi connectivity index (χ0) is 24.8. The van der Waals surface area contributed by atoms with Gasteiger partial charge in [0.1, 0.15) is 18.5 Å². The Balaban J connectivity index is 2.15. The SMILES string of the molecule is CCS(=O)(=O)CC(O)COc1c(Cl)cc(C(C)(C)c2ccc(OCC(C)CCl)cc2)cc1Cl. The van der Waals surface area contributed by atoms with Gasteiger partial charge in [0.05, 0.1) is 22.4 Å². The van der Waals surface area contributed by atoms with E-state index >= 15 is 0 Å². The van der Waals surface area contributed by atoms with Crippen molar-refractivity contribution in [2.24, 2.45) is 5.92 Å². The van der Waals surface area contributed by atoms with Crippen LogP contribution in [0.2, 0.25) is 10.0 Å². The molecule has 0 bridgehead atoms. The molecule has 2 unspecified atom stereocenters. The molecule has 0 saturated heterocycles. The standard InChI is InChI=1S/C24H31Cl3O5S/c1-5-33(29,30)15-19(28)14-32-23-21(26)10-18(11-22(23)27)24(3,4)17-6-8-20(9-7-17)31-13-16(2)12-25/h6-11,16,19,28H,5,12-15H2,1-4H3. The third kappa shape index (κ3) is 7.93. The van der Waals surface area contributed by atoms with Gasteiger partial charge >= 0.3 is 0 Å². The fourth-order valence-electron chi connectivity index (χ4n) is 3.11. The first kappa shape index (κ1) is 28.1. The van der Waals surface area contributed by atoms with E-state index in [9.17, 15) is 13.5 Å². The summed E-state index contributed by atoms with van der Waals surface area (Å²) < 4.78 is 34.7. The Labute approximate surface area is 211 Å². The maximum Gasteiger partial charge on any atom is 0.156 e. The highest BCUT2D eigenvalue weighted by molar-refractivity contribution is 7.91. The average Bonchev–Trinajstić information content (AvgIpc) is 2.76. The molecular formula is C24H31Cl3O5S. The summed E-state index contributed by atoms with van der Waals surface area (Å²) in [6.07, 6.45) is -1.17. The number of aliphatic hydroxyl groups excluding tert-OH is 1. The number of ether oxygens (including phenoxy) is 2. The van der Waals surface area contributed by atoms with E-state index in [2.05, 4.69) is 13.8 Å². The monoisotopic (exact) mass is 536 g/mol. The lowest BCUT2D eigenvalue weighted by atomic mass is 9.78. The number of benzene rings is 2. The molecule has 1 N–H and O–H groups in total. The first-order valence-corrected chi connectivity index (χ1v) is 13.8. The number of rotatable bonds is 12. The van der Waals surface area contributed by atoms with Gasteiger partial charge in [0.25, 0.3) is 0 Å². The second kappa shape index (κ2) is 12.0. The lowest BCUT2D eigenvalue weighted by Crippen LogP contribution is -2.28. The Morgan fingerprint density at radius 3 is 2.09 bits per heavy atom. The van der Waals surface area contributed by atoms with Crippen molar-refractivity contribution in [3.8, 4) is 11.5 Å². The van der Waals surface area contributed by atoms with E-state index in [1.54, 1.807) is 12.1 Å². The minimum Gasteiger partial charge on any atom is -0.493 e. The Kier molecular flexibility index (Phi) is 10.2. The molecule has 184 valence electrons. The lowest BCUT2D eigenvalue weighted by molar-refractivity contribution is 0.125. The van der Waals surface area contributed by atoms with Crippen molar-refractivity contribution in [2.75, 3.05) is 30.6 Å². The van der Waals surface area contributed by atoms with Crippen LogP contribution < -0.4 is 9.47 Å². The van der Waals surface area contributed by atoms with Gasteiger partial charge in [-0.2, -0.15) is 0 Å². The normalized spacial score (nSPS) is 14.1. The van der Waals surface area contributed by atoms with E-state index in [1.165, 1.54) is 6.92 Å². The molecule has 33 heavy (non-hydrogen) atoms. The number of aliphatic hydroxyl groups is 1. The second-order valence-corrected chi connectivity index (χ2v) is 12.2. The van der Waals surface area contributed by atoms with Gasteiger partial charge in [-0.1, -0.05) is 63.0 Å². The van der Waals surface area contributed by atoms with E-state index in [0.717, 1.165) is 16.9 Å². The minimum absolute atomic E-state index is 0.0466. The summed E-state index contributed by atoms with van der Waals surface area (Å²) in [5, 5.41) is 10.6. The molecule has 0 saturated carbocycles. The lowest BCUT2D eigenvalue weighted by Gasteiger charge is -2.27. The molecule has 0 spiro atoms. The van der Waals surface area contributed by atoms with Gasteiger partial charge in [0, 0.05) is 23.0 Å². The van der Waals surface area contributed by atoms with E-state index in [0.29, 0.717) is 12.5 Å². The summed E-state index contributed by atoms with van der Waals surface area (Å²) in [4.78, 5) is 0. The van der Waals surface area contributed by atoms with Crippen molar-refractivity contribution in [1.82, 2.24) is 0 Å². The summed E-state index contributed by atoms with van der Waals surface area (Å²) >= 11 is 18.7. The first-order valence-electron chi connectivity index (χ1n) is 10.7. The third-order valence-electron chi connectivity index (χ3n) is 5.40. The molecule has 0 aliphatic heterocycles. The number of halogens is 3. The van der Waals surface area contributed by atoms with Gasteiger partial charge in [-0.05, 0) is 35.4 Å². The third-order valence-corrected chi connectivity index (χ3v) is 8.26. The number of hydrogen-bond acceptors (Lipinski definition) is 5. The van der Waals surface area contributed by atoms with Crippen molar-refractivity contribution in [3.05, 3.63) is 57.6 Å². The Morgan fingerprint density at radius 2 is 1.58 bits per heavy atom. The Morgan fingerprint density at radius 1 is 1.00 bits per heavy atom. The van der Waals surface area contributed by atoms with Crippen LogP contribution in [0.5, 0.6) is 11.5 Å². The molecule has 0 fully saturated rings. The van der Waals surface area contributed by atoms with Crippen LogP contribution in [0.1, 0.15) is 38.8 Å².